The number of pyridine rings is 1. The minimum absolute atomic E-state index is 0.0217. The molecule has 9 heteroatoms. The zero-order valence-electron chi connectivity index (χ0n) is 22.5. The Labute approximate surface area is 229 Å². The molecule has 3 aromatic carbocycles. The van der Waals surface area contributed by atoms with Crippen molar-refractivity contribution < 1.29 is 27.1 Å². The summed E-state index contributed by atoms with van der Waals surface area (Å²) in [5, 5.41) is 5.44. The summed E-state index contributed by atoms with van der Waals surface area (Å²) in [4.78, 5) is 21.9. The molecule has 0 saturated heterocycles. The van der Waals surface area contributed by atoms with Crippen molar-refractivity contribution in [1.82, 2.24) is 15.3 Å². The third-order valence-corrected chi connectivity index (χ3v) is 7.16. The van der Waals surface area contributed by atoms with E-state index in [4.69, 9.17) is 9.15 Å². The number of rotatable bonds is 7. The molecule has 1 amide bonds. The zero-order valence-corrected chi connectivity index (χ0v) is 22.5. The standard InChI is InChI=1S/C31H28F3N3O3/c1-17(2)18(3)28-27(29(38)35-16-20-10-7-9-19-8-5-6-11-21(19)20)37-30(40-28)23-12-14-24(39-4)26-22(23)13-15-25(36-26)31(32,33)34/h5-15,17-18H,16H2,1-4H3,(H,35,38)/t18-/m0/s1. The molecule has 0 spiro atoms. The maximum absolute atomic E-state index is 13.5. The highest BCUT2D eigenvalue weighted by atomic mass is 19.4. The van der Waals surface area contributed by atoms with Crippen molar-refractivity contribution in [2.24, 2.45) is 5.92 Å². The van der Waals surface area contributed by atoms with E-state index < -0.39 is 17.8 Å². The summed E-state index contributed by atoms with van der Waals surface area (Å²) in [6.07, 6.45) is -4.62. The molecule has 0 unspecified atom stereocenters. The van der Waals surface area contributed by atoms with Gasteiger partial charge in [0.15, 0.2) is 5.69 Å². The fourth-order valence-electron chi connectivity index (χ4n) is 4.63. The van der Waals surface area contributed by atoms with Gasteiger partial charge >= 0.3 is 6.18 Å². The summed E-state index contributed by atoms with van der Waals surface area (Å²) in [5.41, 5.74) is 0.489. The van der Waals surface area contributed by atoms with Crippen molar-refractivity contribution >= 4 is 27.6 Å². The van der Waals surface area contributed by atoms with Gasteiger partial charge in [0.05, 0.1) is 7.11 Å². The predicted octanol–water partition coefficient (Wildman–Crippen LogP) is 7.76. The summed E-state index contributed by atoms with van der Waals surface area (Å²) in [6, 6.07) is 19.2. The van der Waals surface area contributed by atoms with Crippen molar-refractivity contribution in [3.63, 3.8) is 0 Å². The topological polar surface area (TPSA) is 77.2 Å². The van der Waals surface area contributed by atoms with Gasteiger partial charge in [0, 0.05) is 23.4 Å². The van der Waals surface area contributed by atoms with Crippen LogP contribution in [-0.2, 0) is 12.7 Å². The van der Waals surface area contributed by atoms with Crippen LogP contribution < -0.4 is 10.1 Å². The number of carbonyl (C=O) groups is 1. The average Bonchev–Trinajstić information content (AvgIpc) is 3.39. The predicted molar refractivity (Wildman–Crippen MR) is 147 cm³/mol. The molecule has 0 fully saturated rings. The Hall–Kier alpha value is -4.40. The molecule has 1 N–H and O–H groups in total. The van der Waals surface area contributed by atoms with Crippen molar-refractivity contribution in [2.75, 3.05) is 7.11 Å². The number of alkyl halides is 3. The number of hydrogen-bond donors (Lipinski definition) is 1. The van der Waals surface area contributed by atoms with Gasteiger partial charge in [-0.3, -0.25) is 4.79 Å². The van der Waals surface area contributed by atoms with Crippen LogP contribution in [0.5, 0.6) is 5.75 Å². The van der Waals surface area contributed by atoms with Gasteiger partial charge in [0.2, 0.25) is 5.89 Å². The first-order valence-corrected chi connectivity index (χ1v) is 12.9. The van der Waals surface area contributed by atoms with Crippen LogP contribution in [0.15, 0.2) is 71.1 Å². The van der Waals surface area contributed by atoms with Gasteiger partial charge in [-0.15, -0.1) is 0 Å². The largest absolute Gasteiger partial charge is 0.494 e. The molecule has 2 aromatic heterocycles. The van der Waals surface area contributed by atoms with E-state index in [1.54, 1.807) is 6.07 Å². The number of aromatic nitrogens is 2. The van der Waals surface area contributed by atoms with Crippen molar-refractivity contribution in [1.29, 1.82) is 0 Å². The fourth-order valence-corrected chi connectivity index (χ4v) is 4.63. The lowest BCUT2D eigenvalue weighted by atomic mass is 9.94. The van der Waals surface area contributed by atoms with Crippen LogP contribution in [0.4, 0.5) is 13.2 Å². The average molecular weight is 548 g/mol. The molecule has 5 aromatic rings. The number of oxazole rings is 1. The van der Waals surface area contributed by atoms with E-state index in [2.05, 4.69) is 15.3 Å². The minimum Gasteiger partial charge on any atom is -0.494 e. The molecule has 1 atom stereocenters. The molecule has 6 nitrogen and oxygen atoms in total. The molecule has 0 radical (unpaired) electrons. The van der Waals surface area contributed by atoms with Gasteiger partial charge in [-0.05, 0) is 46.5 Å². The summed E-state index contributed by atoms with van der Waals surface area (Å²) < 4.78 is 51.6. The van der Waals surface area contributed by atoms with Crippen molar-refractivity contribution in [3.05, 3.63) is 89.4 Å². The molecule has 0 saturated carbocycles. The van der Waals surface area contributed by atoms with Gasteiger partial charge in [-0.25, -0.2) is 9.97 Å². The van der Waals surface area contributed by atoms with Gasteiger partial charge in [-0.2, -0.15) is 13.2 Å². The lowest BCUT2D eigenvalue weighted by Gasteiger charge is -2.14. The summed E-state index contributed by atoms with van der Waals surface area (Å²) in [6.45, 7) is 6.25. The van der Waals surface area contributed by atoms with E-state index in [1.807, 2.05) is 63.2 Å². The first kappa shape index (κ1) is 27.2. The number of methoxy groups -OCH3 is 1. The van der Waals surface area contributed by atoms with Crippen LogP contribution in [0, 0.1) is 5.92 Å². The van der Waals surface area contributed by atoms with E-state index in [0.717, 1.165) is 22.4 Å². The molecule has 5 rings (SSSR count). The second kappa shape index (κ2) is 10.6. The first-order valence-electron chi connectivity index (χ1n) is 12.9. The van der Waals surface area contributed by atoms with E-state index >= 15 is 0 Å². The van der Waals surface area contributed by atoms with E-state index in [-0.39, 0.29) is 41.2 Å². The van der Waals surface area contributed by atoms with E-state index in [1.165, 1.54) is 19.2 Å². The van der Waals surface area contributed by atoms with Crippen LogP contribution >= 0.6 is 0 Å². The molecule has 206 valence electrons. The number of benzene rings is 3. The summed E-state index contributed by atoms with van der Waals surface area (Å²) >= 11 is 0. The van der Waals surface area contributed by atoms with Gasteiger partial charge in [0.25, 0.3) is 5.91 Å². The lowest BCUT2D eigenvalue weighted by molar-refractivity contribution is -0.140. The highest BCUT2D eigenvalue weighted by Crippen LogP contribution is 2.38. The van der Waals surface area contributed by atoms with Crippen LogP contribution in [0.1, 0.15) is 54.2 Å². The Morgan fingerprint density at radius 1 is 0.950 bits per heavy atom. The van der Waals surface area contributed by atoms with E-state index in [9.17, 15) is 18.0 Å². The Morgan fingerprint density at radius 3 is 2.42 bits per heavy atom. The Bertz CT molecular complexity index is 1700. The number of fused-ring (bicyclic) bond motifs is 2. The number of nitrogens with zero attached hydrogens (tertiary/aromatic N) is 2. The molecular weight excluding hydrogens is 519 g/mol. The fraction of sp³-hybridized carbons (Fsp3) is 0.258. The molecule has 40 heavy (non-hydrogen) atoms. The van der Waals surface area contributed by atoms with Crippen molar-refractivity contribution in [3.8, 4) is 17.2 Å². The van der Waals surface area contributed by atoms with Crippen LogP contribution in [0.3, 0.4) is 0 Å². The molecular formula is C31H28F3N3O3. The Kier molecular flexibility index (Phi) is 7.23. The second-order valence-corrected chi connectivity index (χ2v) is 9.99. The molecule has 0 aliphatic heterocycles. The first-order chi connectivity index (χ1) is 19.1. The summed E-state index contributed by atoms with van der Waals surface area (Å²) in [7, 11) is 1.36. The van der Waals surface area contributed by atoms with E-state index in [0.29, 0.717) is 16.7 Å². The Balaban J connectivity index is 1.55. The quantitative estimate of drug-likeness (QED) is 0.225. The number of carbonyl (C=O) groups excluding carboxylic acids is 1. The number of ether oxygens (including phenoxy) is 1. The van der Waals surface area contributed by atoms with Gasteiger partial charge < -0.3 is 14.5 Å². The third kappa shape index (κ3) is 5.11. The molecule has 0 bridgehead atoms. The van der Waals surface area contributed by atoms with Crippen LogP contribution in [-0.4, -0.2) is 23.0 Å². The second-order valence-electron chi connectivity index (χ2n) is 9.99. The van der Waals surface area contributed by atoms with Crippen LogP contribution in [0.25, 0.3) is 33.1 Å². The monoisotopic (exact) mass is 547 g/mol. The number of halogens is 3. The molecule has 0 aliphatic rings. The lowest BCUT2D eigenvalue weighted by Crippen LogP contribution is -2.25. The number of nitrogens with one attached hydrogen (secondary N) is 1. The minimum atomic E-state index is -4.62. The number of amides is 1. The maximum Gasteiger partial charge on any atom is 0.433 e. The number of hydrogen-bond acceptors (Lipinski definition) is 5. The normalized spacial score (nSPS) is 12.7. The van der Waals surface area contributed by atoms with Gasteiger partial charge in [0.1, 0.15) is 22.7 Å². The maximum atomic E-state index is 13.5. The zero-order chi connectivity index (χ0) is 28.6. The SMILES string of the molecule is COc1ccc(-c2nc(C(=O)NCc3cccc4ccccc34)c([C@@H](C)C(C)C)o2)c2ccc(C(F)(F)F)nc12. The highest BCUT2D eigenvalue weighted by Gasteiger charge is 2.33. The Morgan fingerprint density at radius 2 is 1.70 bits per heavy atom. The smallest absolute Gasteiger partial charge is 0.433 e. The van der Waals surface area contributed by atoms with Gasteiger partial charge in [-0.1, -0.05) is 63.2 Å². The molecule has 2 heterocycles. The third-order valence-electron chi connectivity index (χ3n) is 7.16. The molecule has 0 aliphatic carbocycles. The van der Waals surface area contributed by atoms with Crippen molar-refractivity contribution in [2.45, 2.75) is 39.4 Å². The highest BCUT2D eigenvalue weighted by molar-refractivity contribution is 5.98. The van der Waals surface area contributed by atoms with Crippen LogP contribution in [0.2, 0.25) is 0 Å². The summed E-state index contributed by atoms with van der Waals surface area (Å²) in [5.74, 6) is 0.283.